The minimum absolute atomic E-state index is 0.0993. The lowest BCUT2D eigenvalue weighted by molar-refractivity contribution is -0.167. The Hall–Kier alpha value is -3.93. The summed E-state index contributed by atoms with van der Waals surface area (Å²) in [5, 5.41) is 0. The molecule has 65 heavy (non-hydrogen) atoms. The van der Waals surface area contributed by atoms with Crippen LogP contribution >= 0.6 is 0 Å². The second-order valence-electron chi connectivity index (χ2n) is 17.1. The highest BCUT2D eigenvalue weighted by molar-refractivity contribution is 5.71. The number of allylic oxidation sites excluding steroid dienone is 18. The number of rotatable bonds is 46. The van der Waals surface area contributed by atoms with Crippen LogP contribution in [-0.2, 0) is 28.6 Å². The van der Waals surface area contributed by atoms with E-state index in [0.29, 0.717) is 19.3 Å². The lowest BCUT2D eigenvalue weighted by Crippen LogP contribution is -2.30. The predicted octanol–water partition coefficient (Wildman–Crippen LogP) is 17.5. The van der Waals surface area contributed by atoms with Gasteiger partial charge >= 0.3 is 17.9 Å². The van der Waals surface area contributed by atoms with Crippen LogP contribution in [0.1, 0.15) is 226 Å². The maximum atomic E-state index is 12.8. The summed E-state index contributed by atoms with van der Waals surface area (Å²) in [5.74, 6) is -0.949. The molecule has 6 heteroatoms. The van der Waals surface area contributed by atoms with Crippen LogP contribution in [0.4, 0.5) is 0 Å². The summed E-state index contributed by atoms with van der Waals surface area (Å²) in [6.07, 6.45) is 70.7. The molecular formula is C59H96O6. The van der Waals surface area contributed by atoms with E-state index in [0.717, 1.165) is 135 Å². The number of unbranched alkanes of at least 4 members (excludes halogenated alkanes) is 20. The summed E-state index contributed by atoms with van der Waals surface area (Å²) < 4.78 is 16.8. The molecule has 0 spiro atoms. The van der Waals surface area contributed by atoms with Crippen molar-refractivity contribution in [1.82, 2.24) is 0 Å². The van der Waals surface area contributed by atoms with Crippen LogP contribution in [0, 0.1) is 0 Å². The maximum Gasteiger partial charge on any atom is 0.306 e. The summed E-state index contributed by atoms with van der Waals surface area (Å²) in [7, 11) is 0. The summed E-state index contributed by atoms with van der Waals surface area (Å²) in [6, 6.07) is 0. The molecule has 0 aromatic heterocycles. The molecule has 0 N–H and O–H groups in total. The molecule has 0 fully saturated rings. The van der Waals surface area contributed by atoms with Gasteiger partial charge in [-0.3, -0.25) is 14.4 Å². The van der Waals surface area contributed by atoms with Gasteiger partial charge in [-0.05, 0) is 103 Å². The first-order valence-corrected chi connectivity index (χ1v) is 26.4. The fourth-order valence-corrected chi connectivity index (χ4v) is 6.89. The first-order chi connectivity index (χ1) is 32.0. The average Bonchev–Trinajstić information content (AvgIpc) is 3.30. The van der Waals surface area contributed by atoms with Crippen molar-refractivity contribution in [2.24, 2.45) is 0 Å². The fourth-order valence-electron chi connectivity index (χ4n) is 6.89. The first kappa shape index (κ1) is 61.1. The molecule has 0 aliphatic heterocycles. The lowest BCUT2D eigenvalue weighted by Gasteiger charge is -2.18. The zero-order chi connectivity index (χ0) is 47.2. The monoisotopic (exact) mass is 901 g/mol. The van der Waals surface area contributed by atoms with E-state index in [2.05, 4.69) is 130 Å². The quantitative estimate of drug-likeness (QED) is 0.0199. The average molecular weight is 901 g/mol. The van der Waals surface area contributed by atoms with Crippen LogP contribution < -0.4 is 0 Å². The van der Waals surface area contributed by atoms with Gasteiger partial charge in [-0.15, -0.1) is 0 Å². The Morgan fingerprint density at radius 1 is 0.338 bits per heavy atom. The third kappa shape index (κ3) is 50.9. The van der Waals surface area contributed by atoms with Crippen LogP contribution in [0.25, 0.3) is 0 Å². The molecule has 0 amide bonds. The van der Waals surface area contributed by atoms with Crippen molar-refractivity contribution >= 4 is 17.9 Å². The minimum Gasteiger partial charge on any atom is -0.462 e. The van der Waals surface area contributed by atoms with Crippen LogP contribution in [0.5, 0.6) is 0 Å². The van der Waals surface area contributed by atoms with E-state index >= 15 is 0 Å². The highest BCUT2D eigenvalue weighted by Crippen LogP contribution is 2.14. The van der Waals surface area contributed by atoms with E-state index in [1.807, 2.05) is 0 Å². The summed E-state index contributed by atoms with van der Waals surface area (Å²) in [6.45, 7) is 6.31. The zero-order valence-corrected chi connectivity index (χ0v) is 42.0. The van der Waals surface area contributed by atoms with Gasteiger partial charge in [0.05, 0.1) is 0 Å². The van der Waals surface area contributed by atoms with Crippen molar-refractivity contribution in [2.45, 2.75) is 232 Å². The number of hydrogen-bond acceptors (Lipinski definition) is 6. The second kappa shape index (κ2) is 52.7. The molecule has 0 aliphatic carbocycles. The normalized spacial score (nSPS) is 13.0. The highest BCUT2D eigenvalue weighted by atomic mass is 16.6. The predicted molar refractivity (Wildman–Crippen MR) is 279 cm³/mol. The van der Waals surface area contributed by atoms with E-state index < -0.39 is 6.10 Å². The van der Waals surface area contributed by atoms with Gasteiger partial charge in [0.2, 0.25) is 0 Å². The Labute approximate surface area is 400 Å². The Morgan fingerprint density at radius 2 is 0.677 bits per heavy atom. The molecule has 1 unspecified atom stereocenters. The van der Waals surface area contributed by atoms with Gasteiger partial charge in [0, 0.05) is 19.3 Å². The molecular weight excluding hydrogens is 805 g/mol. The summed E-state index contributed by atoms with van der Waals surface area (Å²) >= 11 is 0. The zero-order valence-electron chi connectivity index (χ0n) is 42.0. The van der Waals surface area contributed by atoms with Crippen molar-refractivity contribution in [1.29, 1.82) is 0 Å². The Morgan fingerprint density at radius 3 is 1.12 bits per heavy atom. The SMILES string of the molecule is CC/C=C/C=C/C=C/CCCCCCCC(=O)OCC(COC(=O)CCCCCCCC/C=C/C/C=C/C/C=C/C/C=C/CC)OC(=O)CCCCCCCC/C=C/C=C/CCCCC. The first-order valence-electron chi connectivity index (χ1n) is 26.4. The Kier molecular flexibility index (Phi) is 49.5. The molecule has 0 heterocycles. The maximum absolute atomic E-state index is 12.8. The number of hydrogen-bond donors (Lipinski definition) is 0. The largest absolute Gasteiger partial charge is 0.462 e. The van der Waals surface area contributed by atoms with Gasteiger partial charge in [-0.2, -0.15) is 0 Å². The molecule has 368 valence electrons. The van der Waals surface area contributed by atoms with E-state index in [1.54, 1.807) is 0 Å². The van der Waals surface area contributed by atoms with Gasteiger partial charge in [0.1, 0.15) is 13.2 Å². The van der Waals surface area contributed by atoms with E-state index in [4.69, 9.17) is 14.2 Å². The molecule has 0 bridgehead atoms. The van der Waals surface area contributed by atoms with Crippen molar-refractivity contribution in [3.63, 3.8) is 0 Å². The number of esters is 3. The molecule has 0 rings (SSSR count). The van der Waals surface area contributed by atoms with Crippen LogP contribution in [0.3, 0.4) is 0 Å². The smallest absolute Gasteiger partial charge is 0.306 e. The molecule has 0 saturated carbocycles. The van der Waals surface area contributed by atoms with Crippen LogP contribution in [-0.4, -0.2) is 37.2 Å². The van der Waals surface area contributed by atoms with Gasteiger partial charge < -0.3 is 14.2 Å². The lowest BCUT2D eigenvalue weighted by atomic mass is 10.1. The summed E-state index contributed by atoms with van der Waals surface area (Å²) in [4.78, 5) is 38.0. The summed E-state index contributed by atoms with van der Waals surface area (Å²) in [5.41, 5.74) is 0. The van der Waals surface area contributed by atoms with Gasteiger partial charge in [-0.25, -0.2) is 0 Å². The van der Waals surface area contributed by atoms with Gasteiger partial charge in [0.25, 0.3) is 0 Å². The minimum atomic E-state index is -0.801. The van der Waals surface area contributed by atoms with E-state index in [1.165, 1.54) is 51.4 Å². The number of ether oxygens (including phenoxy) is 3. The standard InChI is InChI=1S/C59H96O6/c1-4-7-10-13-16-19-22-25-27-28-29-30-32-34-37-40-43-46-49-52-58(61)64-55-56(54-63-57(60)51-48-45-42-39-36-33-24-21-18-15-12-9-6-3)65-59(62)53-50-47-44-41-38-35-31-26-23-20-17-14-11-8-5-2/h7,9-10,12,15-21,23-27,29-30,56H,4-6,8,11,13-14,22,28,31-55H2,1-3H3/b10-7+,12-9+,18-15+,19-16+,20-17+,24-21+,26-23+,27-25+,30-29+. The Bertz CT molecular complexity index is 1360. The second-order valence-corrected chi connectivity index (χ2v) is 17.1. The van der Waals surface area contributed by atoms with Gasteiger partial charge in [0.15, 0.2) is 6.10 Å². The fraction of sp³-hybridized carbons (Fsp3) is 0.644. The molecule has 0 aromatic rings. The van der Waals surface area contributed by atoms with Crippen LogP contribution in [0.15, 0.2) is 109 Å². The van der Waals surface area contributed by atoms with E-state index in [9.17, 15) is 14.4 Å². The number of carbonyl (C=O) groups excluding carboxylic acids is 3. The molecule has 0 aromatic carbocycles. The molecule has 1 atom stereocenters. The molecule has 0 radical (unpaired) electrons. The van der Waals surface area contributed by atoms with E-state index in [-0.39, 0.29) is 31.1 Å². The van der Waals surface area contributed by atoms with Crippen molar-refractivity contribution in [2.75, 3.05) is 13.2 Å². The van der Waals surface area contributed by atoms with Crippen molar-refractivity contribution < 1.29 is 28.6 Å². The topological polar surface area (TPSA) is 78.9 Å². The molecule has 6 nitrogen and oxygen atoms in total. The number of carbonyl (C=O) groups is 3. The van der Waals surface area contributed by atoms with Crippen molar-refractivity contribution in [3.8, 4) is 0 Å². The third-order valence-corrected chi connectivity index (χ3v) is 10.8. The highest BCUT2D eigenvalue weighted by Gasteiger charge is 2.19. The molecule has 0 saturated heterocycles. The van der Waals surface area contributed by atoms with Crippen molar-refractivity contribution in [3.05, 3.63) is 109 Å². The van der Waals surface area contributed by atoms with Gasteiger partial charge in [-0.1, -0.05) is 214 Å². The third-order valence-electron chi connectivity index (χ3n) is 10.8. The molecule has 0 aliphatic rings. The Balaban J connectivity index is 4.46. The van der Waals surface area contributed by atoms with Crippen LogP contribution in [0.2, 0.25) is 0 Å².